The number of aryl methyl sites for hydroxylation is 4. The summed E-state index contributed by atoms with van der Waals surface area (Å²) in [6.45, 7) is 8.17. The summed E-state index contributed by atoms with van der Waals surface area (Å²) in [4.78, 5) is 0. The van der Waals surface area contributed by atoms with Crippen molar-refractivity contribution in [2.24, 2.45) is 14.1 Å². The summed E-state index contributed by atoms with van der Waals surface area (Å²) in [5, 5.41) is 0. The van der Waals surface area contributed by atoms with Crippen molar-refractivity contribution in [1.29, 1.82) is 0 Å². The Morgan fingerprint density at radius 3 is 1.44 bits per heavy atom. The van der Waals surface area contributed by atoms with E-state index in [4.69, 9.17) is 24.4 Å². The molecule has 0 bridgehead atoms. The van der Waals surface area contributed by atoms with E-state index < -0.39 is 0 Å². The van der Waals surface area contributed by atoms with Crippen LogP contribution in [-0.4, -0.2) is 18.3 Å². The van der Waals surface area contributed by atoms with Gasteiger partial charge in [0.15, 0.2) is 9.54 Å². The number of imidazole rings is 2. The molecule has 132 valence electrons. The van der Waals surface area contributed by atoms with Crippen LogP contribution in [0.3, 0.4) is 0 Å². The first kappa shape index (κ1) is 17.9. The van der Waals surface area contributed by atoms with Crippen molar-refractivity contribution < 1.29 is 0 Å². The average molecular weight is 373 g/mol. The SMILES string of the molecule is Cc1cc(C)c(Cn2ccn(C)c2=S)c(C)c1Cn1ccn(C)c1=S. The molecule has 1 aromatic carbocycles. The summed E-state index contributed by atoms with van der Waals surface area (Å²) >= 11 is 11.0. The van der Waals surface area contributed by atoms with Crippen LogP contribution in [0.5, 0.6) is 0 Å². The lowest BCUT2D eigenvalue weighted by Crippen LogP contribution is -2.10. The fraction of sp³-hybridized carbons (Fsp3) is 0.368. The summed E-state index contributed by atoms with van der Waals surface area (Å²) in [5.41, 5.74) is 6.62. The van der Waals surface area contributed by atoms with Crippen molar-refractivity contribution in [2.75, 3.05) is 0 Å². The van der Waals surface area contributed by atoms with Gasteiger partial charge in [-0.1, -0.05) is 6.07 Å². The van der Waals surface area contributed by atoms with Crippen molar-refractivity contribution in [3.8, 4) is 0 Å². The third kappa shape index (κ3) is 3.28. The molecule has 0 N–H and O–H groups in total. The standard InChI is InChI=1S/C19H24N4S2/c1-13-10-14(2)17(12-23-9-7-21(5)19(23)25)15(3)16(13)11-22-8-6-20(4)18(22)24/h6-10H,11-12H2,1-5H3. The maximum atomic E-state index is 5.50. The second kappa shape index (κ2) is 6.77. The van der Waals surface area contributed by atoms with Crippen LogP contribution in [-0.2, 0) is 27.2 Å². The maximum absolute atomic E-state index is 5.50. The Morgan fingerprint density at radius 2 is 1.12 bits per heavy atom. The molecular formula is C19H24N4S2. The molecule has 2 heterocycles. The quantitative estimate of drug-likeness (QED) is 0.631. The van der Waals surface area contributed by atoms with E-state index in [1.807, 2.05) is 48.0 Å². The molecule has 4 nitrogen and oxygen atoms in total. The molecule has 0 unspecified atom stereocenters. The van der Waals surface area contributed by atoms with Crippen LogP contribution in [0.25, 0.3) is 0 Å². The molecule has 6 heteroatoms. The van der Waals surface area contributed by atoms with E-state index in [-0.39, 0.29) is 0 Å². The molecule has 0 spiro atoms. The molecular weight excluding hydrogens is 348 g/mol. The molecule has 0 radical (unpaired) electrons. The summed E-state index contributed by atoms with van der Waals surface area (Å²) in [5.74, 6) is 0. The van der Waals surface area contributed by atoms with Gasteiger partial charge in [-0.05, 0) is 73.0 Å². The van der Waals surface area contributed by atoms with E-state index in [1.54, 1.807) is 0 Å². The third-order valence-corrected chi connectivity index (χ3v) is 6.03. The number of benzene rings is 1. The molecule has 0 aliphatic carbocycles. The number of rotatable bonds is 4. The normalized spacial score (nSPS) is 11.2. The van der Waals surface area contributed by atoms with Gasteiger partial charge in [0.25, 0.3) is 0 Å². The molecule has 0 amide bonds. The van der Waals surface area contributed by atoms with Crippen LogP contribution >= 0.6 is 24.4 Å². The predicted molar refractivity (Wildman–Crippen MR) is 107 cm³/mol. The van der Waals surface area contributed by atoms with Crippen LogP contribution < -0.4 is 0 Å². The highest BCUT2D eigenvalue weighted by Gasteiger charge is 2.13. The zero-order valence-corrected chi connectivity index (χ0v) is 17.0. The highest BCUT2D eigenvalue weighted by atomic mass is 32.1. The van der Waals surface area contributed by atoms with Gasteiger partial charge < -0.3 is 18.3 Å². The molecule has 0 atom stereocenters. The lowest BCUT2D eigenvalue weighted by atomic mass is 9.93. The molecule has 0 saturated heterocycles. The Labute approximate surface area is 159 Å². The molecule has 0 aliphatic rings. The van der Waals surface area contributed by atoms with Gasteiger partial charge in [0, 0.05) is 38.9 Å². The first-order chi connectivity index (χ1) is 11.8. The minimum Gasteiger partial charge on any atom is -0.327 e. The van der Waals surface area contributed by atoms with E-state index in [2.05, 4.69) is 36.0 Å². The first-order valence-electron chi connectivity index (χ1n) is 8.31. The minimum atomic E-state index is 0.796. The zero-order valence-electron chi connectivity index (χ0n) is 15.4. The monoisotopic (exact) mass is 372 g/mol. The van der Waals surface area contributed by atoms with E-state index in [9.17, 15) is 0 Å². The van der Waals surface area contributed by atoms with Gasteiger partial charge in [0.1, 0.15) is 0 Å². The van der Waals surface area contributed by atoms with Gasteiger partial charge in [0.2, 0.25) is 0 Å². The Bertz CT molecular complexity index is 966. The molecule has 0 aliphatic heterocycles. The maximum Gasteiger partial charge on any atom is 0.179 e. The molecule has 2 aromatic heterocycles. The van der Waals surface area contributed by atoms with Gasteiger partial charge in [-0.3, -0.25) is 0 Å². The Kier molecular flexibility index (Phi) is 4.84. The molecule has 25 heavy (non-hydrogen) atoms. The van der Waals surface area contributed by atoms with Crippen molar-refractivity contribution in [3.05, 3.63) is 68.2 Å². The zero-order chi connectivity index (χ0) is 18.3. The van der Waals surface area contributed by atoms with Crippen LogP contribution in [0.2, 0.25) is 0 Å². The Morgan fingerprint density at radius 1 is 0.720 bits per heavy atom. The molecule has 3 rings (SSSR count). The van der Waals surface area contributed by atoms with Crippen molar-refractivity contribution in [1.82, 2.24) is 18.3 Å². The summed E-state index contributed by atoms with van der Waals surface area (Å²) < 4.78 is 9.87. The highest BCUT2D eigenvalue weighted by molar-refractivity contribution is 7.71. The van der Waals surface area contributed by atoms with Gasteiger partial charge in [-0.2, -0.15) is 0 Å². The van der Waals surface area contributed by atoms with E-state index >= 15 is 0 Å². The van der Waals surface area contributed by atoms with E-state index in [0.717, 1.165) is 22.6 Å². The van der Waals surface area contributed by atoms with Crippen LogP contribution in [0.1, 0.15) is 27.8 Å². The van der Waals surface area contributed by atoms with Crippen molar-refractivity contribution >= 4 is 24.4 Å². The highest BCUT2D eigenvalue weighted by Crippen LogP contribution is 2.24. The second-order valence-electron chi connectivity index (χ2n) is 6.73. The third-order valence-electron chi connectivity index (χ3n) is 4.98. The Hall–Kier alpha value is -1.92. The number of hydrogen-bond acceptors (Lipinski definition) is 2. The van der Waals surface area contributed by atoms with Gasteiger partial charge in [-0.15, -0.1) is 0 Å². The first-order valence-corrected chi connectivity index (χ1v) is 9.13. The largest absolute Gasteiger partial charge is 0.327 e. The molecule has 0 fully saturated rings. The fourth-order valence-electron chi connectivity index (χ4n) is 3.36. The smallest absolute Gasteiger partial charge is 0.179 e. The number of nitrogens with zero attached hydrogens (tertiary/aromatic N) is 4. The Balaban J connectivity index is 2.05. The minimum absolute atomic E-state index is 0.796. The van der Waals surface area contributed by atoms with E-state index in [1.165, 1.54) is 27.8 Å². The van der Waals surface area contributed by atoms with Crippen molar-refractivity contribution in [2.45, 2.75) is 33.9 Å². The second-order valence-corrected chi connectivity index (χ2v) is 7.46. The lowest BCUT2D eigenvalue weighted by molar-refractivity contribution is 0.722. The molecule has 0 saturated carbocycles. The topological polar surface area (TPSA) is 19.7 Å². The fourth-order valence-corrected chi connectivity index (χ4v) is 3.73. The summed E-state index contributed by atoms with van der Waals surface area (Å²) in [6.07, 6.45) is 8.11. The predicted octanol–water partition coefficient (Wildman–Crippen LogP) is 4.45. The summed E-state index contributed by atoms with van der Waals surface area (Å²) in [7, 11) is 3.96. The van der Waals surface area contributed by atoms with Crippen LogP contribution in [0.15, 0.2) is 30.9 Å². The lowest BCUT2D eigenvalue weighted by Gasteiger charge is -2.18. The van der Waals surface area contributed by atoms with Gasteiger partial charge >= 0.3 is 0 Å². The van der Waals surface area contributed by atoms with Crippen LogP contribution in [0, 0.1) is 30.3 Å². The summed E-state index contributed by atoms with van der Waals surface area (Å²) in [6, 6.07) is 2.27. The van der Waals surface area contributed by atoms with E-state index in [0.29, 0.717) is 0 Å². The van der Waals surface area contributed by atoms with Gasteiger partial charge in [-0.25, -0.2) is 0 Å². The average Bonchev–Trinajstić information content (AvgIpc) is 3.05. The van der Waals surface area contributed by atoms with Crippen molar-refractivity contribution in [3.63, 3.8) is 0 Å². The molecule has 3 aromatic rings. The number of hydrogen-bond donors (Lipinski definition) is 0. The van der Waals surface area contributed by atoms with Gasteiger partial charge in [0.05, 0.1) is 13.1 Å². The van der Waals surface area contributed by atoms with Crippen LogP contribution in [0.4, 0.5) is 0 Å². The number of aromatic nitrogens is 4.